The Balaban J connectivity index is 1.80. The smallest absolute Gasteiger partial charge is 0.137 e. The fraction of sp³-hybridized carbons (Fsp3) is 0.222. The average Bonchev–Trinajstić information content (AvgIpc) is 2.65. The van der Waals surface area contributed by atoms with Crippen molar-refractivity contribution in [3.63, 3.8) is 0 Å². The van der Waals surface area contributed by atoms with Gasteiger partial charge in [0.2, 0.25) is 0 Å². The predicted octanol–water partition coefficient (Wildman–Crippen LogP) is 3.45. The van der Waals surface area contributed by atoms with Gasteiger partial charge >= 0.3 is 0 Å². The number of rotatable bonds is 6. The van der Waals surface area contributed by atoms with Gasteiger partial charge in [-0.05, 0) is 35.9 Å². The van der Waals surface area contributed by atoms with Crippen LogP contribution in [0.5, 0.6) is 11.5 Å². The van der Waals surface area contributed by atoms with Crippen molar-refractivity contribution in [1.29, 1.82) is 0 Å². The Hall–Kier alpha value is -2.57. The van der Waals surface area contributed by atoms with E-state index in [4.69, 9.17) is 21.1 Å². The van der Waals surface area contributed by atoms with Crippen LogP contribution >= 0.6 is 11.6 Å². The summed E-state index contributed by atoms with van der Waals surface area (Å²) in [6.45, 7) is 0.269. The van der Waals surface area contributed by atoms with Crippen LogP contribution in [-0.4, -0.2) is 35.8 Å². The zero-order valence-electron chi connectivity index (χ0n) is 13.9. The van der Waals surface area contributed by atoms with Crippen LogP contribution in [0.3, 0.4) is 0 Å². The van der Waals surface area contributed by atoms with Gasteiger partial charge in [-0.1, -0.05) is 11.6 Å². The molecule has 0 radical (unpaired) electrons. The lowest BCUT2D eigenvalue weighted by Crippen LogP contribution is -2.13. The fourth-order valence-corrected chi connectivity index (χ4v) is 2.67. The number of halogens is 1. The van der Waals surface area contributed by atoms with E-state index in [0.29, 0.717) is 27.9 Å². The molecular weight excluding hydrogens is 342 g/mol. The zero-order chi connectivity index (χ0) is 17.8. The van der Waals surface area contributed by atoms with Crippen molar-refractivity contribution < 1.29 is 14.6 Å². The maximum Gasteiger partial charge on any atom is 0.137 e. The van der Waals surface area contributed by atoms with Crippen molar-refractivity contribution in [3.8, 4) is 11.5 Å². The number of hydrogen-bond acceptors (Lipinski definition) is 6. The van der Waals surface area contributed by atoms with Crippen molar-refractivity contribution in [2.75, 3.05) is 26.1 Å². The molecule has 1 aromatic heterocycles. The van der Waals surface area contributed by atoms with Crippen molar-refractivity contribution >= 4 is 28.3 Å². The molecule has 0 amide bonds. The zero-order valence-corrected chi connectivity index (χ0v) is 14.6. The van der Waals surface area contributed by atoms with Crippen LogP contribution in [0.4, 0.5) is 5.82 Å². The number of ether oxygens (including phenoxy) is 2. The van der Waals surface area contributed by atoms with Gasteiger partial charge in [0.05, 0.1) is 25.8 Å². The van der Waals surface area contributed by atoms with Crippen LogP contribution in [0, 0.1) is 0 Å². The molecule has 0 saturated carbocycles. The lowest BCUT2D eigenvalue weighted by atomic mass is 10.1. The second-order valence-corrected chi connectivity index (χ2v) is 5.86. The number of benzene rings is 2. The second kappa shape index (κ2) is 7.55. The fourth-order valence-electron chi connectivity index (χ4n) is 2.50. The summed E-state index contributed by atoms with van der Waals surface area (Å²) < 4.78 is 10.5. The van der Waals surface area contributed by atoms with Gasteiger partial charge in [-0.25, -0.2) is 9.97 Å². The van der Waals surface area contributed by atoms with Gasteiger partial charge in [0.1, 0.15) is 23.6 Å². The minimum atomic E-state index is -0.763. The molecule has 0 saturated heterocycles. The predicted molar refractivity (Wildman–Crippen MR) is 97.5 cm³/mol. The van der Waals surface area contributed by atoms with Crippen molar-refractivity contribution in [3.05, 3.63) is 53.3 Å². The first-order valence-electron chi connectivity index (χ1n) is 7.66. The van der Waals surface area contributed by atoms with Crippen LogP contribution in [0.15, 0.2) is 42.7 Å². The monoisotopic (exact) mass is 359 g/mol. The third-order valence-electron chi connectivity index (χ3n) is 3.82. The summed E-state index contributed by atoms with van der Waals surface area (Å²) in [7, 11) is 3.14. The number of aromatic nitrogens is 2. The first kappa shape index (κ1) is 17.3. The molecule has 25 heavy (non-hydrogen) atoms. The molecule has 0 aliphatic carbocycles. The summed E-state index contributed by atoms with van der Waals surface area (Å²) >= 11 is 5.99. The lowest BCUT2D eigenvalue weighted by Gasteiger charge is -2.15. The molecule has 0 aliphatic heterocycles. The van der Waals surface area contributed by atoms with Gasteiger partial charge in [0.15, 0.2) is 0 Å². The Morgan fingerprint density at radius 3 is 2.48 bits per heavy atom. The Labute approximate surface area is 150 Å². The third-order valence-corrected chi connectivity index (χ3v) is 4.06. The van der Waals surface area contributed by atoms with E-state index in [1.807, 2.05) is 6.07 Å². The number of nitrogens with zero attached hydrogens (tertiary/aromatic N) is 2. The highest BCUT2D eigenvalue weighted by atomic mass is 35.5. The summed E-state index contributed by atoms with van der Waals surface area (Å²) in [6, 6.07) is 10.7. The normalized spacial score (nSPS) is 12.0. The molecule has 2 N–H and O–H groups in total. The van der Waals surface area contributed by atoms with E-state index in [-0.39, 0.29) is 6.54 Å². The largest absolute Gasteiger partial charge is 0.497 e. The van der Waals surface area contributed by atoms with Crippen LogP contribution in [0.25, 0.3) is 10.9 Å². The molecule has 0 aliphatic rings. The maximum absolute atomic E-state index is 10.5. The molecular formula is C18H18ClN3O3. The van der Waals surface area contributed by atoms with E-state index in [0.717, 1.165) is 10.9 Å². The van der Waals surface area contributed by atoms with Gasteiger partial charge < -0.3 is 19.9 Å². The van der Waals surface area contributed by atoms with Crippen molar-refractivity contribution in [2.45, 2.75) is 6.10 Å². The average molecular weight is 360 g/mol. The molecule has 0 fully saturated rings. The standard InChI is InChI=1S/C18H18ClN3O3/c1-24-13-5-11(6-14(8-13)25-2)17(23)9-20-18-15-4-3-12(19)7-16(15)21-10-22-18/h3-8,10,17,23H,9H2,1-2H3,(H,20,21,22). The first-order chi connectivity index (χ1) is 12.1. The van der Waals surface area contributed by atoms with E-state index in [1.165, 1.54) is 6.33 Å². The van der Waals surface area contributed by atoms with Gasteiger partial charge in [0.25, 0.3) is 0 Å². The molecule has 6 nitrogen and oxygen atoms in total. The number of nitrogens with one attached hydrogen (secondary N) is 1. The molecule has 7 heteroatoms. The summed E-state index contributed by atoms with van der Waals surface area (Å²) in [5.41, 5.74) is 1.42. The van der Waals surface area contributed by atoms with E-state index >= 15 is 0 Å². The molecule has 3 aromatic rings. The van der Waals surface area contributed by atoms with Gasteiger partial charge in [-0.3, -0.25) is 0 Å². The molecule has 1 atom stereocenters. The Morgan fingerprint density at radius 1 is 1.08 bits per heavy atom. The van der Waals surface area contributed by atoms with E-state index in [1.54, 1.807) is 44.6 Å². The number of methoxy groups -OCH3 is 2. The summed E-state index contributed by atoms with van der Waals surface area (Å²) in [5, 5.41) is 15.1. The molecule has 130 valence electrons. The Bertz CT molecular complexity index is 866. The molecule has 1 heterocycles. The minimum Gasteiger partial charge on any atom is -0.497 e. The summed E-state index contributed by atoms with van der Waals surface area (Å²) in [5.74, 6) is 1.88. The van der Waals surface area contributed by atoms with Gasteiger partial charge in [0, 0.05) is 23.0 Å². The van der Waals surface area contributed by atoms with Crippen LogP contribution < -0.4 is 14.8 Å². The highest BCUT2D eigenvalue weighted by Gasteiger charge is 2.12. The molecule has 0 spiro atoms. The van der Waals surface area contributed by atoms with Crippen LogP contribution in [-0.2, 0) is 0 Å². The van der Waals surface area contributed by atoms with Crippen molar-refractivity contribution in [2.24, 2.45) is 0 Å². The number of anilines is 1. The topological polar surface area (TPSA) is 76.5 Å². The molecule has 2 aromatic carbocycles. The molecule has 1 unspecified atom stereocenters. The number of aliphatic hydroxyl groups excluding tert-OH is 1. The Kier molecular flexibility index (Phi) is 5.21. The second-order valence-electron chi connectivity index (χ2n) is 5.43. The lowest BCUT2D eigenvalue weighted by molar-refractivity contribution is 0.190. The van der Waals surface area contributed by atoms with Gasteiger partial charge in [-0.2, -0.15) is 0 Å². The van der Waals surface area contributed by atoms with E-state index in [9.17, 15) is 5.11 Å². The molecule has 3 rings (SSSR count). The minimum absolute atomic E-state index is 0.269. The number of hydrogen-bond donors (Lipinski definition) is 2. The quantitative estimate of drug-likeness (QED) is 0.702. The van der Waals surface area contributed by atoms with E-state index < -0.39 is 6.10 Å². The van der Waals surface area contributed by atoms with E-state index in [2.05, 4.69) is 15.3 Å². The summed E-state index contributed by atoms with van der Waals surface area (Å²) in [6.07, 6.45) is 0.698. The first-order valence-corrected chi connectivity index (χ1v) is 8.03. The maximum atomic E-state index is 10.5. The Morgan fingerprint density at radius 2 is 1.80 bits per heavy atom. The highest BCUT2D eigenvalue weighted by Crippen LogP contribution is 2.27. The molecule has 0 bridgehead atoms. The summed E-state index contributed by atoms with van der Waals surface area (Å²) in [4.78, 5) is 8.45. The highest BCUT2D eigenvalue weighted by molar-refractivity contribution is 6.31. The SMILES string of the molecule is COc1cc(OC)cc(C(O)CNc2ncnc3cc(Cl)ccc23)c1. The van der Waals surface area contributed by atoms with Gasteiger partial charge in [-0.15, -0.1) is 0 Å². The third kappa shape index (κ3) is 3.92. The number of aliphatic hydroxyl groups is 1. The number of fused-ring (bicyclic) bond motifs is 1. The van der Waals surface area contributed by atoms with Crippen LogP contribution in [0.2, 0.25) is 5.02 Å². The van der Waals surface area contributed by atoms with Crippen LogP contribution in [0.1, 0.15) is 11.7 Å². The van der Waals surface area contributed by atoms with Crippen molar-refractivity contribution in [1.82, 2.24) is 9.97 Å².